The number of rotatable bonds is 10. The number of oxime groups is 1. The summed E-state index contributed by atoms with van der Waals surface area (Å²) in [5.41, 5.74) is 1.99. The second-order valence-electron chi connectivity index (χ2n) is 12.2. The zero-order chi connectivity index (χ0) is 32.1. The summed E-state index contributed by atoms with van der Waals surface area (Å²) in [6.45, 7) is 8.59. The molecular formula is C33H41F3N2O6. The highest BCUT2D eigenvalue weighted by Crippen LogP contribution is 2.39. The van der Waals surface area contributed by atoms with Crippen LogP contribution in [0.2, 0.25) is 0 Å². The Bertz CT molecular complexity index is 1360. The fourth-order valence-corrected chi connectivity index (χ4v) is 5.55. The minimum Gasteiger partial charge on any atom is -0.490 e. The molecule has 0 aliphatic heterocycles. The summed E-state index contributed by atoms with van der Waals surface area (Å²) in [4.78, 5) is 32.3. The normalized spacial score (nSPS) is 17.3. The Balaban J connectivity index is 1.45. The molecule has 0 saturated heterocycles. The van der Waals surface area contributed by atoms with Gasteiger partial charge in [-0.15, -0.1) is 0 Å². The van der Waals surface area contributed by atoms with Gasteiger partial charge in [0.05, 0.1) is 30.0 Å². The van der Waals surface area contributed by atoms with Crippen molar-refractivity contribution in [3.63, 3.8) is 0 Å². The van der Waals surface area contributed by atoms with Crippen LogP contribution in [0.15, 0.2) is 41.6 Å². The summed E-state index contributed by atoms with van der Waals surface area (Å²) < 4.78 is 57.7. The molecule has 44 heavy (non-hydrogen) atoms. The van der Waals surface area contributed by atoms with Gasteiger partial charge in [-0.2, -0.15) is 13.2 Å². The minimum absolute atomic E-state index is 0.143. The topological polar surface area (TPSA) is 86.7 Å². The fourth-order valence-electron chi connectivity index (χ4n) is 5.55. The van der Waals surface area contributed by atoms with Crippen molar-refractivity contribution < 1.29 is 41.8 Å². The number of alkyl halides is 3. The first-order valence-electron chi connectivity index (χ1n) is 15.1. The standard InChI is InChI=1S/C33H41F3N2O6/c1-6-41-30(39)19-38(31(40)44-32(3,4)5)28-15-13-24-18-23(12-14-26(24)28)21(2)37-42-20-22-11-16-29(27(17-22)33(34,35)36)43-25-9-7-8-10-25/h11-12,14,16-18,25,28H,6-10,13,15,19-20H2,1-5H3/b37-21+. The quantitative estimate of drug-likeness (QED) is 0.154. The van der Waals surface area contributed by atoms with E-state index in [2.05, 4.69) is 5.16 Å². The average molecular weight is 619 g/mol. The maximum absolute atomic E-state index is 13.8. The molecule has 1 fully saturated rings. The molecule has 8 nitrogen and oxygen atoms in total. The molecule has 2 aromatic rings. The highest BCUT2D eigenvalue weighted by Gasteiger charge is 2.37. The van der Waals surface area contributed by atoms with Crippen LogP contribution in [0.5, 0.6) is 5.75 Å². The van der Waals surface area contributed by atoms with Crippen LogP contribution in [0, 0.1) is 0 Å². The largest absolute Gasteiger partial charge is 0.490 e. The minimum atomic E-state index is -4.55. The van der Waals surface area contributed by atoms with E-state index >= 15 is 0 Å². The van der Waals surface area contributed by atoms with Crippen LogP contribution >= 0.6 is 0 Å². The number of hydrogen-bond donors (Lipinski definition) is 0. The molecule has 1 amide bonds. The Morgan fingerprint density at radius 2 is 1.75 bits per heavy atom. The summed E-state index contributed by atoms with van der Waals surface area (Å²) >= 11 is 0. The van der Waals surface area contributed by atoms with Gasteiger partial charge in [-0.25, -0.2) is 4.79 Å². The van der Waals surface area contributed by atoms with Crippen molar-refractivity contribution in [3.05, 3.63) is 64.2 Å². The fraction of sp³-hybridized carbons (Fsp3) is 0.545. The van der Waals surface area contributed by atoms with Gasteiger partial charge in [-0.1, -0.05) is 23.4 Å². The number of benzene rings is 2. The second kappa shape index (κ2) is 13.9. The third-order valence-electron chi connectivity index (χ3n) is 7.59. The predicted molar refractivity (Wildman–Crippen MR) is 158 cm³/mol. The second-order valence-corrected chi connectivity index (χ2v) is 12.2. The van der Waals surface area contributed by atoms with Crippen LogP contribution in [-0.4, -0.2) is 47.5 Å². The van der Waals surface area contributed by atoms with E-state index in [-0.39, 0.29) is 37.7 Å². The van der Waals surface area contributed by atoms with Crippen molar-refractivity contribution in [2.24, 2.45) is 5.16 Å². The average Bonchev–Trinajstić information content (AvgIpc) is 3.60. The Morgan fingerprint density at radius 3 is 2.41 bits per heavy atom. The Kier molecular flexibility index (Phi) is 10.5. The smallest absolute Gasteiger partial charge is 0.419 e. The van der Waals surface area contributed by atoms with E-state index in [9.17, 15) is 22.8 Å². The maximum atomic E-state index is 13.8. The molecule has 2 aromatic carbocycles. The zero-order valence-corrected chi connectivity index (χ0v) is 26.0. The van der Waals surface area contributed by atoms with Gasteiger partial charge in [-0.3, -0.25) is 9.69 Å². The third kappa shape index (κ3) is 8.66. The number of carbonyl (C=O) groups excluding carboxylic acids is 2. The van der Waals surface area contributed by atoms with E-state index in [0.717, 1.165) is 48.4 Å². The lowest BCUT2D eigenvalue weighted by Crippen LogP contribution is -2.42. The molecule has 1 saturated carbocycles. The van der Waals surface area contributed by atoms with Crippen LogP contribution < -0.4 is 4.74 Å². The van der Waals surface area contributed by atoms with Crippen molar-refractivity contribution in [2.45, 2.75) is 104 Å². The highest BCUT2D eigenvalue weighted by molar-refractivity contribution is 5.98. The SMILES string of the molecule is CCOC(=O)CN(C(=O)OC(C)(C)C)C1CCc2cc(/C(C)=N/OCc3ccc(OC4CCCC4)c(C(F)(F)F)c3)ccc21. The molecule has 2 aliphatic rings. The van der Waals surface area contributed by atoms with E-state index in [4.69, 9.17) is 19.0 Å². The van der Waals surface area contributed by atoms with Crippen LogP contribution in [0.3, 0.4) is 0 Å². The van der Waals surface area contributed by atoms with Crippen LogP contribution in [0.25, 0.3) is 0 Å². The summed E-state index contributed by atoms with van der Waals surface area (Å²) in [6, 6.07) is 9.29. The van der Waals surface area contributed by atoms with Crippen molar-refractivity contribution >= 4 is 17.8 Å². The van der Waals surface area contributed by atoms with Gasteiger partial charge in [0.15, 0.2) is 0 Å². The van der Waals surface area contributed by atoms with Crippen molar-refractivity contribution in [3.8, 4) is 5.75 Å². The lowest BCUT2D eigenvalue weighted by Gasteiger charge is -2.31. The molecule has 0 radical (unpaired) electrons. The van der Waals surface area contributed by atoms with E-state index in [1.54, 1.807) is 40.7 Å². The van der Waals surface area contributed by atoms with E-state index in [1.165, 1.54) is 11.0 Å². The number of nitrogens with zero attached hydrogens (tertiary/aromatic N) is 2. The number of carbonyl (C=O) groups is 2. The molecule has 2 aliphatic carbocycles. The first-order valence-corrected chi connectivity index (χ1v) is 15.1. The molecule has 1 atom stereocenters. The third-order valence-corrected chi connectivity index (χ3v) is 7.59. The van der Waals surface area contributed by atoms with Crippen LogP contribution in [0.4, 0.5) is 18.0 Å². The first-order chi connectivity index (χ1) is 20.7. The van der Waals surface area contributed by atoms with Gasteiger partial charge in [0.25, 0.3) is 0 Å². The molecule has 0 spiro atoms. The number of hydrogen-bond acceptors (Lipinski definition) is 7. The van der Waals surface area contributed by atoms with Crippen molar-refractivity contribution in [1.29, 1.82) is 0 Å². The van der Waals surface area contributed by atoms with E-state index in [1.807, 2.05) is 18.2 Å². The number of esters is 1. The van der Waals surface area contributed by atoms with Gasteiger partial charge in [-0.05, 0) is 114 Å². The number of halogens is 3. The highest BCUT2D eigenvalue weighted by atomic mass is 19.4. The molecule has 0 heterocycles. The summed E-state index contributed by atoms with van der Waals surface area (Å²) in [5.74, 6) is -0.668. The molecule has 240 valence electrons. The van der Waals surface area contributed by atoms with Gasteiger partial charge in [0.1, 0.15) is 24.5 Å². The van der Waals surface area contributed by atoms with Gasteiger partial charge in [0.2, 0.25) is 0 Å². The molecule has 0 N–H and O–H groups in total. The van der Waals surface area contributed by atoms with Crippen LogP contribution in [-0.2, 0) is 38.3 Å². The first kappa shape index (κ1) is 33.1. The van der Waals surface area contributed by atoms with Gasteiger partial charge >= 0.3 is 18.2 Å². The van der Waals surface area contributed by atoms with Crippen molar-refractivity contribution in [1.82, 2.24) is 4.90 Å². The number of fused-ring (bicyclic) bond motifs is 1. The molecule has 1 unspecified atom stereocenters. The molecule has 4 rings (SSSR count). The lowest BCUT2D eigenvalue weighted by atomic mass is 10.0. The maximum Gasteiger partial charge on any atom is 0.419 e. The predicted octanol–water partition coefficient (Wildman–Crippen LogP) is 7.76. The van der Waals surface area contributed by atoms with E-state index in [0.29, 0.717) is 24.1 Å². The Labute approximate surface area is 256 Å². The van der Waals surface area contributed by atoms with E-state index < -0.39 is 29.4 Å². The molecule has 0 aromatic heterocycles. The summed E-state index contributed by atoms with van der Waals surface area (Å²) in [6.07, 6.45) is -0.631. The van der Waals surface area contributed by atoms with Gasteiger partial charge < -0.3 is 19.0 Å². The number of ether oxygens (including phenoxy) is 3. The Hall–Kier alpha value is -3.76. The summed E-state index contributed by atoms with van der Waals surface area (Å²) in [7, 11) is 0. The molecule has 11 heteroatoms. The number of amides is 1. The Morgan fingerprint density at radius 1 is 1.02 bits per heavy atom. The summed E-state index contributed by atoms with van der Waals surface area (Å²) in [5, 5.41) is 4.15. The zero-order valence-electron chi connectivity index (χ0n) is 26.0. The van der Waals surface area contributed by atoms with Gasteiger partial charge in [0, 0.05) is 0 Å². The molecule has 0 bridgehead atoms. The van der Waals surface area contributed by atoms with Crippen molar-refractivity contribution in [2.75, 3.05) is 13.2 Å². The number of aryl methyl sites for hydroxylation is 1. The van der Waals surface area contributed by atoms with Crippen LogP contribution in [0.1, 0.15) is 101 Å². The monoisotopic (exact) mass is 618 g/mol. The lowest BCUT2D eigenvalue weighted by molar-refractivity contribution is -0.145. The molecular weight excluding hydrogens is 577 g/mol.